The molecular formula is C20H19ClO3. The van der Waals surface area contributed by atoms with Crippen molar-refractivity contribution in [2.45, 2.75) is 20.3 Å². The van der Waals surface area contributed by atoms with Crippen LogP contribution in [0.25, 0.3) is 6.08 Å². The summed E-state index contributed by atoms with van der Waals surface area (Å²) in [5.74, 6) is -0.539. The van der Waals surface area contributed by atoms with E-state index in [2.05, 4.69) is 0 Å². The van der Waals surface area contributed by atoms with E-state index in [0.717, 1.165) is 11.1 Å². The molecule has 0 bridgehead atoms. The molecule has 2 aromatic carbocycles. The van der Waals surface area contributed by atoms with Gasteiger partial charge in [0.1, 0.15) is 11.5 Å². The van der Waals surface area contributed by atoms with E-state index in [9.17, 15) is 15.0 Å². The molecule has 0 saturated heterocycles. The van der Waals surface area contributed by atoms with E-state index >= 15 is 0 Å². The lowest BCUT2D eigenvalue weighted by molar-refractivity contribution is 0.104. The van der Waals surface area contributed by atoms with Crippen molar-refractivity contribution < 1.29 is 15.0 Å². The lowest BCUT2D eigenvalue weighted by Gasteiger charge is -2.09. The predicted octanol–water partition coefficient (Wildman–Crippen LogP) is 5.16. The van der Waals surface area contributed by atoms with Crippen molar-refractivity contribution in [2.24, 2.45) is 0 Å². The van der Waals surface area contributed by atoms with Crippen molar-refractivity contribution in [1.82, 2.24) is 0 Å². The maximum absolute atomic E-state index is 12.3. The minimum atomic E-state index is -0.332. The SMILES string of the molecule is CC(C)=CCc1c(O)ccc(C(=O)C=Cc2ccc(Cl)cc2)c1O. The number of ketones is 1. The van der Waals surface area contributed by atoms with E-state index in [0.29, 0.717) is 17.0 Å². The number of aromatic hydroxyl groups is 2. The molecule has 0 amide bonds. The van der Waals surface area contributed by atoms with Gasteiger partial charge in [-0.2, -0.15) is 0 Å². The largest absolute Gasteiger partial charge is 0.508 e. The van der Waals surface area contributed by atoms with Crippen LogP contribution in [0.1, 0.15) is 35.3 Å². The van der Waals surface area contributed by atoms with E-state index < -0.39 is 0 Å². The average molecular weight is 343 g/mol. The number of carbonyl (C=O) groups excluding carboxylic acids is 1. The zero-order valence-corrected chi connectivity index (χ0v) is 14.3. The highest BCUT2D eigenvalue weighted by Crippen LogP contribution is 2.32. The molecule has 2 aromatic rings. The Labute approximate surface area is 146 Å². The zero-order chi connectivity index (χ0) is 17.7. The molecule has 0 aromatic heterocycles. The first-order valence-electron chi connectivity index (χ1n) is 7.53. The minimum absolute atomic E-state index is 0.0248. The predicted molar refractivity (Wildman–Crippen MR) is 97.7 cm³/mol. The van der Waals surface area contributed by atoms with Crippen LogP contribution in [0.3, 0.4) is 0 Å². The maximum Gasteiger partial charge on any atom is 0.189 e. The van der Waals surface area contributed by atoms with Crippen molar-refractivity contribution in [3.63, 3.8) is 0 Å². The lowest BCUT2D eigenvalue weighted by Crippen LogP contribution is -1.98. The van der Waals surface area contributed by atoms with Gasteiger partial charge in [-0.1, -0.05) is 41.5 Å². The van der Waals surface area contributed by atoms with Crippen molar-refractivity contribution >= 4 is 23.5 Å². The van der Waals surface area contributed by atoms with Gasteiger partial charge in [-0.05, 0) is 56.2 Å². The molecule has 0 aliphatic heterocycles. The molecule has 2 N–H and O–H groups in total. The van der Waals surface area contributed by atoms with Gasteiger partial charge in [-0.25, -0.2) is 0 Å². The molecule has 0 spiro atoms. The number of allylic oxidation sites excluding steroid dienone is 3. The maximum atomic E-state index is 12.3. The van der Waals surface area contributed by atoms with Crippen LogP contribution >= 0.6 is 11.6 Å². The fraction of sp³-hybridized carbons (Fsp3) is 0.150. The normalized spacial score (nSPS) is 10.8. The first-order chi connectivity index (χ1) is 11.4. The van der Waals surface area contributed by atoms with E-state index in [-0.39, 0.29) is 22.8 Å². The first kappa shape index (κ1) is 17.8. The number of phenols is 2. The number of phenolic OH excluding ortho intramolecular Hbond substituents is 2. The van der Waals surface area contributed by atoms with Crippen LogP contribution in [0, 0.1) is 0 Å². The number of rotatable bonds is 5. The van der Waals surface area contributed by atoms with Crippen LogP contribution in [0.15, 0.2) is 54.1 Å². The van der Waals surface area contributed by atoms with Gasteiger partial charge in [0.2, 0.25) is 0 Å². The van der Waals surface area contributed by atoms with Gasteiger partial charge >= 0.3 is 0 Å². The van der Waals surface area contributed by atoms with Crippen LogP contribution in [-0.2, 0) is 6.42 Å². The Hall–Kier alpha value is -2.52. The Balaban J connectivity index is 2.27. The Morgan fingerprint density at radius 2 is 1.75 bits per heavy atom. The first-order valence-corrected chi connectivity index (χ1v) is 7.91. The topological polar surface area (TPSA) is 57.5 Å². The van der Waals surface area contributed by atoms with Crippen molar-refractivity contribution in [3.05, 3.63) is 75.8 Å². The molecule has 0 heterocycles. The number of benzene rings is 2. The molecule has 124 valence electrons. The highest BCUT2D eigenvalue weighted by molar-refractivity contribution is 6.30. The monoisotopic (exact) mass is 342 g/mol. The highest BCUT2D eigenvalue weighted by atomic mass is 35.5. The fourth-order valence-corrected chi connectivity index (χ4v) is 2.29. The fourth-order valence-electron chi connectivity index (χ4n) is 2.17. The molecule has 0 aliphatic carbocycles. The number of carbonyl (C=O) groups is 1. The van der Waals surface area contributed by atoms with Gasteiger partial charge < -0.3 is 10.2 Å². The van der Waals surface area contributed by atoms with Crippen LogP contribution in [0.4, 0.5) is 0 Å². The second kappa shape index (κ2) is 7.84. The number of hydrogen-bond acceptors (Lipinski definition) is 3. The average Bonchev–Trinajstić information content (AvgIpc) is 2.53. The summed E-state index contributed by atoms with van der Waals surface area (Å²) >= 11 is 5.82. The summed E-state index contributed by atoms with van der Waals surface area (Å²) in [6.45, 7) is 3.86. The number of hydrogen-bond donors (Lipinski definition) is 2. The molecule has 4 heteroatoms. The van der Waals surface area contributed by atoms with Gasteiger partial charge in [-0.15, -0.1) is 0 Å². The highest BCUT2D eigenvalue weighted by Gasteiger charge is 2.15. The molecular weight excluding hydrogens is 324 g/mol. The molecule has 3 nitrogen and oxygen atoms in total. The van der Waals surface area contributed by atoms with E-state index in [1.807, 2.05) is 19.9 Å². The van der Waals surface area contributed by atoms with E-state index in [1.165, 1.54) is 18.2 Å². The Morgan fingerprint density at radius 3 is 2.38 bits per heavy atom. The summed E-state index contributed by atoms with van der Waals surface area (Å²) < 4.78 is 0. The Kier molecular flexibility index (Phi) is 5.83. The summed E-state index contributed by atoms with van der Waals surface area (Å²) in [4.78, 5) is 12.3. The smallest absolute Gasteiger partial charge is 0.189 e. The quantitative estimate of drug-likeness (QED) is 0.448. The third-order valence-corrected chi connectivity index (χ3v) is 3.79. The van der Waals surface area contributed by atoms with Crippen LogP contribution in [-0.4, -0.2) is 16.0 Å². The van der Waals surface area contributed by atoms with Gasteiger partial charge in [0.15, 0.2) is 5.78 Å². The second-order valence-electron chi connectivity index (χ2n) is 5.69. The van der Waals surface area contributed by atoms with Crippen LogP contribution in [0.2, 0.25) is 5.02 Å². The summed E-state index contributed by atoms with van der Waals surface area (Å²) in [5.41, 5.74) is 2.40. The molecule has 0 radical (unpaired) electrons. The van der Waals surface area contributed by atoms with E-state index in [1.54, 1.807) is 30.3 Å². The molecule has 24 heavy (non-hydrogen) atoms. The lowest BCUT2D eigenvalue weighted by atomic mass is 10.0. The van der Waals surface area contributed by atoms with Crippen molar-refractivity contribution in [2.75, 3.05) is 0 Å². The second-order valence-corrected chi connectivity index (χ2v) is 6.13. The van der Waals surface area contributed by atoms with Crippen LogP contribution < -0.4 is 0 Å². The minimum Gasteiger partial charge on any atom is -0.508 e. The molecule has 0 fully saturated rings. The van der Waals surface area contributed by atoms with E-state index in [4.69, 9.17) is 11.6 Å². The summed E-state index contributed by atoms with van der Waals surface area (Å²) in [6, 6.07) is 9.91. The summed E-state index contributed by atoms with van der Waals surface area (Å²) in [6.07, 6.45) is 5.29. The third kappa shape index (κ3) is 4.49. The van der Waals surface area contributed by atoms with Gasteiger partial charge in [0.05, 0.1) is 5.56 Å². The Bertz CT molecular complexity index is 798. The molecule has 2 rings (SSSR count). The third-order valence-electron chi connectivity index (χ3n) is 3.54. The molecule has 0 aliphatic rings. The standard InChI is InChI=1S/C20H19ClO3/c1-13(2)3-9-16-19(23)12-10-17(20(16)24)18(22)11-6-14-4-7-15(21)8-5-14/h3-8,10-12,23-24H,9H2,1-2H3. The molecule has 0 saturated carbocycles. The van der Waals surface area contributed by atoms with Gasteiger partial charge in [-0.3, -0.25) is 4.79 Å². The van der Waals surface area contributed by atoms with Crippen molar-refractivity contribution in [3.8, 4) is 11.5 Å². The molecule has 0 atom stereocenters. The number of halogens is 1. The van der Waals surface area contributed by atoms with Gasteiger partial charge in [0, 0.05) is 10.6 Å². The summed E-state index contributed by atoms with van der Waals surface area (Å²) in [5, 5.41) is 20.9. The van der Waals surface area contributed by atoms with Crippen molar-refractivity contribution in [1.29, 1.82) is 0 Å². The summed E-state index contributed by atoms with van der Waals surface area (Å²) in [7, 11) is 0. The zero-order valence-electron chi connectivity index (χ0n) is 13.6. The van der Waals surface area contributed by atoms with Crippen LogP contribution in [0.5, 0.6) is 11.5 Å². The molecule has 0 unspecified atom stereocenters. The Morgan fingerprint density at radius 1 is 1.08 bits per heavy atom. The van der Waals surface area contributed by atoms with Gasteiger partial charge in [0.25, 0.3) is 0 Å².